The van der Waals surface area contributed by atoms with Gasteiger partial charge in [0.1, 0.15) is 5.82 Å². The zero-order valence-corrected chi connectivity index (χ0v) is 15.8. The third-order valence-electron chi connectivity index (χ3n) is 5.39. The lowest BCUT2D eigenvalue weighted by Gasteiger charge is -2.23. The van der Waals surface area contributed by atoms with Crippen molar-refractivity contribution in [3.8, 4) is 5.69 Å². The molecule has 0 N–H and O–H groups in total. The minimum Gasteiger partial charge on any atom is -0.305 e. The summed E-state index contributed by atoms with van der Waals surface area (Å²) < 4.78 is 1.96. The van der Waals surface area contributed by atoms with Gasteiger partial charge in [0, 0.05) is 31.5 Å². The molecule has 2 heterocycles. The molecule has 1 unspecified atom stereocenters. The summed E-state index contributed by atoms with van der Waals surface area (Å²) in [5.74, 6) is 2.55. The molecule has 4 rings (SSSR count). The maximum Gasteiger partial charge on any atom is 0.154 e. The lowest BCUT2D eigenvalue weighted by molar-refractivity contribution is 0.242. The number of likely N-dealkylation sites (N-methyl/N-ethyl adjacent to an activating group) is 2. The predicted molar refractivity (Wildman–Crippen MR) is 101 cm³/mol. The third kappa shape index (κ3) is 3.73. The summed E-state index contributed by atoms with van der Waals surface area (Å²) in [6.45, 7) is 3.34. The molecule has 0 spiro atoms. The molecule has 2 aliphatic rings. The Balaban J connectivity index is 1.53. The fourth-order valence-corrected chi connectivity index (χ4v) is 3.80. The van der Waals surface area contributed by atoms with Gasteiger partial charge in [0.05, 0.1) is 10.7 Å². The van der Waals surface area contributed by atoms with Crippen LogP contribution in [0.3, 0.4) is 0 Å². The Morgan fingerprint density at radius 3 is 2.72 bits per heavy atom. The first-order chi connectivity index (χ1) is 12.1. The highest BCUT2D eigenvalue weighted by Gasteiger charge is 2.30. The van der Waals surface area contributed by atoms with Gasteiger partial charge in [-0.15, -0.1) is 0 Å². The number of hydrogen-bond acceptors (Lipinski definition) is 4. The number of aromatic nitrogens is 3. The van der Waals surface area contributed by atoms with Crippen molar-refractivity contribution in [2.24, 2.45) is 0 Å². The van der Waals surface area contributed by atoms with E-state index in [2.05, 4.69) is 23.9 Å². The van der Waals surface area contributed by atoms with Crippen molar-refractivity contribution in [2.45, 2.75) is 37.6 Å². The molecule has 1 aromatic heterocycles. The molecule has 0 radical (unpaired) electrons. The van der Waals surface area contributed by atoms with E-state index < -0.39 is 0 Å². The second-order valence-corrected chi connectivity index (χ2v) is 7.87. The van der Waals surface area contributed by atoms with Gasteiger partial charge in [-0.3, -0.25) is 0 Å². The van der Waals surface area contributed by atoms with Crippen LogP contribution in [0.2, 0.25) is 5.02 Å². The fourth-order valence-electron chi connectivity index (χ4n) is 3.59. The van der Waals surface area contributed by atoms with Crippen molar-refractivity contribution < 1.29 is 0 Å². The van der Waals surface area contributed by atoms with Gasteiger partial charge in [-0.1, -0.05) is 23.7 Å². The van der Waals surface area contributed by atoms with Crippen LogP contribution in [0.1, 0.15) is 36.8 Å². The Kier molecular flexibility index (Phi) is 4.80. The van der Waals surface area contributed by atoms with Crippen molar-refractivity contribution in [1.82, 2.24) is 24.6 Å². The van der Waals surface area contributed by atoms with Crippen LogP contribution < -0.4 is 0 Å². The second kappa shape index (κ2) is 7.06. The largest absolute Gasteiger partial charge is 0.305 e. The summed E-state index contributed by atoms with van der Waals surface area (Å²) >= 11 is 6.41. The van der Waals surface area contributed by atoms with Crippen molar-refractivity contribution in [3.63, 3.8) is 0 Å². The second-order valence-electron chi connectivity index (χ2n) is 7.46. The van der Waals surface area contributed by atoms with E-state index in [1.165, 1.54) is 25.8 Å². The first-order valence-corrected chi connectivity index (χ1v) is 9.59. The average Bonchev–Trinajstić information content (AvgIpc) is 3.23. The molecule has 5 nitrogen and oxygen atoms in total. The van der Waals surface area contributed by atoms with E-state index in [0.717, 1.165) is 41.9 Å². The zero-order valence-electron chi connectivity index (χ0n) is 15.0. The number of halogens is 1. The van der Waals surface area contributed by atoms with Crippen LogP contribution in [0.25, 0.3) is 5.69 Å². The number of rotatable bonds is 6. The van der Waals surface area contributed by atoms with Gasteiger partial charge >= 0.3 is 0 Å². The number of likely N-dealkylation sites (tertiary alicyclic amines) is 1. The highest BCUT2D eigenvalue weighted by atomic mass is 35.5. The molecular formula is C19H26ClN5. The first kappa shape index (κ1) is 17.0. The Hall–Kier alpha value is -1.43. The molecule has 25 heavy (non-hydrogen) atoms. The summed E-state index contributed by atoms with van der Waals surface area (Å²) in [5.41, 5.74) is 0.932. The average molecular weight is 360 g/mol. The summed E-state index contributed by atoms with van der Waals surface area (Å²) in [6, 6.07) is 8.54. The van der Waals surface area contributed by atoms with E-state index in [1.54, 1.807) is 0 Å². The van der Waals surface area contributed by atoms with Crippen molar-refractivity contribution in [1.29, 1.82) is 0 Å². The quantitative estimate of drug-likeness (QED) is 0.794. The van der Waals surface area contributed by atoms with Crippen molar-refractivity contribution in [2.75, 3.05) is 33.7 Å². The Labute approximate surface area is 154 Å². The minimum atomic E-state index is 0.545. The van der Waals surface area contributed by atoms with E-state index >= 15 is 0 Å². The number of nitrogens with zero attached hydrogens (tertiary/aromatic N) is 5. The van der Waals surface area contributed by atoms with Gasteiger partial charge in [-0.05, 0) is 52.0 Å². The molecule has 1 aliphatic heterocycles. The van der Waals surface area contributed by atoms with Gasteiger partial charge in [-0.2, -0.15) is 5.10 Å². The monoisotopic (exact) mass is 359 g/mol. The number of para-hydroxylation sites is 1. The molecule has 134 valence electrons. The third-order valence-corrected chi connectivity index (χ3v) is 5.71. The van der Waals surface area contributed by atoms with Crippen LogP contribution in [0.5, 0.6) is 0 Å². The SMILES string of the molecule is CN1CCC(N(C)CCc2nc(C3CC3)nn2-c2ccccc2Cl)C1. The van der Waals surface area contributed by atoms with E-state index in [-0.39, 0.29) is 0 Å². The van der Waals surface area contributed by atoms with Gasteiger partial charge in [-0.25, -0.2) is 9.67 Å². The smallest absolute Gasteiger partial charge is 0.154 e. The summed E-state index contributed by atoms with van der Waals surface area (Å²) in [6.07, 6.45) is 4.56. The van der Waals surface area contributed by atoms with Crippen LogP contribution in [0, 0.1) is 0 Å². The van der Waals surface area contributed by atoms with Crippen LogP contribution in [-0.2, 0) is 6.42 Å². The zero-order chi connectivity index (χ0) is 17.4. The predicted octanol–water partition coefficient (Wildman–Crippen LogP) is 2.98. The Bertz CT molecular complexity index is 739. The fraction of sp³-hybridized carbons (Fsp3) is 0.579. The normalized spacial score (nSPS) is 21.4. The van der Waals surface area contributed by atoms with E-state index in [0.29, 0.717) is 12.0 Å². The molecule has 0 bridgehead atoms. The van der Waals surface area contributed by atoms with Gasteiger partial charge in [0.2, 0.25) is 0 Å². The maximum absolute atomic E-state index is 6.41. The molecule has 2 aromatic rings. The van der Waals surface area contributed by atoms with Crippen molar-refractivity contribution >= 4 is 11.6 Å². The highest BCUT2D eigenvalue weighted by Crippen LogP contribution is 2.38. The van der Waals surface area contributed by atoms with Crippen LogP contribution >= 0.6 is 11.6 Å². The topological polar surface area (TPSA) is 37.2 Å². The van der Waals surface area contributed by atoms with E-state index in [4.69, 9.17) is 21.7 Å². The number of hydrogen-bond donors (Lipinski definition) is 0. The van der Waals surface area contributed by atoms with Crippen molar-refractivity contribution in [3.05, 3.63) is 40.9 Å². The summed E-state index contributed by atoms with van der Waals surface area (Å²) in [7, 11) is 4.42. The van der Waals surface area contributed by atoms with E-state index in [9.17, 15) is 0 Å². The summed E-state index contributed by atoms with van der Waals surface area (Å²) in [5, 5.41) is 5.51. The Morgan fingerprint density at radius 1 is 1.24 bits per heavy atom. The molecule has 1 saturated carbocycles. The summed E-state index contributed by atoms with van der Waals surface area (Å²) in [4.78, 5) is 9.72. The Morgan fingerprint density at radius 2 is 2.04 bits per heavy atom. The molecule has 1 saturated heterocycles. The molecule has 6 heteroatoms. The highest BCUT2D eigenvalue weighted by molar-refractivity contribution is 6.32. The van der Waals surface area contributed by atoms with Crippen LogP contribution in [-0.4, -0.2) is 64.3 Å². The lowest BCUT2D eigenvalue weighted by atomic mass is 10.2. The van der Waals surface area contributed by atoms with Gasteiger partial charge in [0.15, 0.2) is 5.82 Å². The molecule has 2 fully saturated rings. The van der Waals surface area contributed by atoms with Gasteiger partial charge in [0.25, 0.3) is 0 Å². The molecular weight excluding hydrogens is 334 g/mol. The standard InChI is InChI=1S/C19H26ClN5/c1-23-11-9-15(13-23)24(2)12-10-18-21-19(14-7-8-14)22-25(18)17-6-4-3-5-16(17)20/h3-6,14-15H,7-13H2,1-2H3. The lowest BCUT2D eigenvalue weighted by Crippen LogP contribution is -2.35. The minimum absolute atomic E-state index is 0.545. The molecule has 0 amide bonds. The number of benzene rings is 1. The van der Waals surface area contributed by atoms with Crippen LogP contribution in [0.15, 0.2) is 24.3 Å². The van der Waals surface area contributed by atoms with Crippen LogP contribution in [0.4, 0.5) is 0 Å². The molecule has 1 aromatic carbocycles. The first-order valence-electron chi connectivity index (χ1n) is 9.21. The molecule has 1 atom stereocenters. The molecule has 1 aliphatic carbocycles. The van der Waals surface area contributed by atoms with Gasteiger partial charge < -0.3 is 9.80 Å². The maximum atomic E-state index is 6.41. The van der Waals surface area contributed by atoms with E-state index in [1.807, 2.05) is 28.9 Å².